The van der Waals surface area contributed by atoms with Crippen LogP contribution in [0.2, 0.25) is 0 Å². The summed E-state index contributed by atoms with van der Waals surface area (Å²) in [5.41, 5.74) is 0.824. The Morgan fingerprint density at radius 1 is 1.53 bits per heavy atom. The molecule has 1 N–H and O–H groups in total. The molecule has 0 bridgehead atoms. The average molecular weight is 207 g/mol. The van der Waals surface area contributed by atoms with Crippen molar-refractivity contribution in [3.05, 3.63) is 30.1 Å². The zero-order valence-electron chi connectivity index (χ0n) is 8.30. The van der Waals surface area contributed by atoms with Crippen LogP contribution in [0.1, 0.15) is 17.9 Å². The lowest BCUT2D eigenvalue weighted by atomic mass is 9.88. The SMILES string of the molecule is O=C(O)C(CC1COC1)c1ccncc1. The topological polar surface area (TPSA) is 59.4 Å². The third kappa shape index (κ3) is 2.33. The van der Waals surface area contributed by atoms with Crippen molar-refractivity contribution in [2.24, 2.45) is 5.92 Å². The Morgan fingerprint density at radius 3 is 2.67 bits per heavy atom. The Labute approximate surface area is 87.9 Å². The van der Waals surface area contributed by atoms with Gasteiger partial charge in [-0.15, -0.1) is 0 Å². The molecule has 0 aliphatic carbocycles. The number of carbonyl (C=O) groups is 1. The van der Waals surface area contributed by atoms with Crippen LogP contribution in [0.25, 0.3) is 0 Å². The van der Waals surface area contributed by atoms with Crippen LogP contribution in [-0.4, -0.2) is 29.3 Å². The fourth-order valence-electron chi connectivity index (χ4n) is 1.73. The number of rotatable bonds is 4. The molecule has 0 aromatic carbocycles. The van der Waals surface area contributed by atoms with Crippen LogP contribution >= 0.6 is 0 Å². The second-order valence-electron chi connectivity index (χ2n) is 3.81. The molecule has 0 amide bonds. The number of hydrogen-bond donors (Lipinski definition) is 1. The molecule has 1 atom stereocenters. The highest BCUT2D eigenvalue weighted by atomic mass is 16.5. The molecule has 4 nitrogen and oxygen atoms in total. The fraction of sp³-hybridized carbons (Fsp3) is 0.455. The molecule has 1 aromatic heterocycles. The van der Waals surface area contributed by atoms with E-state index in [0.29, 0.717) is 25.6 Å². The summed E-state index contributed by atoms with van der Waals surface area (Å²) in [4.78, 5) is 15.0. The summed E-state index contributed by atoms with van der Waals surface area (Å²) >= 11 is 0. The maximum atomic E-state index is 11.1. The summed E-state index contributed by atoms with van der Waals surface area (Å²) in [5, 5.41) is 9.13. The number of ether oxygens (including phenoxy) is 1. The van der Waals surface area contributed by atoms with Crippen molar-refractivity contribution >= 4 is 5.97 Å². The second-order valence-corrected chi connectivity index (χ2v) is 3.81. The van der Waals surface area contributed by atoms with Crippen LogP contribution < -0.4 is 0 Å². The molecule has 1 aliphatic heterocycles. The Balaban J connectivity index is 2.08. The van der Waals surface area contributed by atoms with Crippen molar-refractivity contribution in [3.63, 3.8) is 0 Å². The minimum atomic E-state index is -0.770. The third-order valence-electron chi connectivity index (χ3n) is 2.68. The van der Waals surface area contributed by atoms with E-state index in [1.54, 1.807) is 24.5 Å². The van der Waals surface area contributed by atoms with Crippen molar-refractivity contribution in [2.75, 3.05) is 13.2 Å². The van der Waals surface area contributed by atoms with Gasteiger partial charge in [-0.3, -0.25) is 9.78 Å². The van der Waals surface area contributed by atoms with E-state index in [2.05, 4.69) is 4.98 Å². The highest BCUT2D eigenvalue weighted by Crippen LogP contribution is 2.27. The summed E-state index contributed by atoms with van der Waals surface area (Å²) in [6, 6.07) is 3.52. The van der Waals surface area contributed by atoms with Crippen LogP contribution in [0.4, 0.5) is 0 Å². The lowest BCUT2D eigenvalue weighted by Gasteiger charge is -2.28. The first-order valence-corrected chi connectivity index (χ1v) is 4.98. The molecule has 0 radical (unpaired) electrons. The van der Waals surface area contributed by atoms with Crippen LogP contribution in [0.3, 0.4) is 0 Å². The van der Waals surface area contributed by atoms with Gasteiger partial charge < -0.3 is 9.84 Å². The maximum absolute atomic E-state index is 11.1. The summed E-state index contributed by atoms with van der Waals surface area (Å²) in [6.07, 6.45) is 3.91. The van der Waals surface area contributed by atoms with Gasteiger partial charge in [0.25, 0.3) is 0 Å². The number of pyridine rings is 1. The van der Waals surface area contributed by atoms with E-state index in [-0.39, 0.29) is 0 Å². The number of aliphatic carboxylic acids is 1. The van der Waals surface area contributed by atoms with E-state index >= 15 is 0 Å². The zero-order chi connectivity index (χ0) is 10.7. The van der Waals surface area contributed by atoms with Crippen molar-refractivity contribution in [2.45, 2.75) is 12.3 Å². The van der Waals surface area contributed by atoms with Crippen LogP contribution in [0, 0.1) is 5.92 Å². The second kappa shape index (κ2) is 4.40. The molecule has 0 saturated carbocycles. The Kier molecular flexibility index (Phi) is 2.97. The zero-order valence-corrected chi connectivity index (χ0v) is 8.30. The highest BCUT2D eigenvalue weighted by molar-refractivity contribution is 5.75. The predicted molar refractivity (Wildman–Crippen MR) is 53.5 cm³/mol. The minimum Gasteiger partial charge on any atom is -0.481 e. The molecule has 1 saturated heterocycles. The average Bonchev–Trinajstić information content (AvgIpc) is 2.17. The summed E-state index contributed by atoms with van der Waals surface area (Å²) in [6.45, 7) is 1.38. The number of nitrogens with zero attached hydrogens (tertiary/aromatic N) is 1. The lowest BCUT2D eigenvalue weighted by molar-refractivity contribution is -0.140. The summed E-state index contributed by atoms with van der Waals surface area (Å²) in [7, 11) is 0. The first-order valence-electron chi connectivity index (χ1n) is 4.98. The van der Waals surface area contributed by atoms with E-state index in [1.807, 2.05) is 0 Å². The molecule has 1 aliphatic rings. The quantitative estimate of drug-likeness (QED) is 0.808. The van der Waals surface area contributed by atoms with Gasteiger partial charge in [0.1, 0.15) is 0 Å². The predicted octanol–water partition coefficient (Wildman–Crippen LogP) is 1.29. The van der Waals surface area contributed by atoms with E-state index in [9.17, 15) is 4.79 Å². The molecule has 1 fully saturated rings. The molecular weight excluding hydrogens is 194 g/mol. The largest absolute Gasteiger partial charge is 0.481 e. The normalized spacial score (nSPS) is 18.1. The molecule has 80 valence electrons. The minimum absolute atomic E-state index is 0.388. The molecular formula is C11H13NO3. The van der Waals surface area contributed by atoms with Gasteiger partial charge in [-0.2, -0.15) is 0 Å². The van der Waals surface area contributed by atoms with Gasteiger partial charge in [0.2, 0.25) is 0 Å². The maximum Gasteiger partial charge on any atom is 0.310 e. The van der Waals surface area contributed by atoms with Crippen molar-refractivity contribution < 1.29 is 14.6 Å². The Bertz CT molecular complexity index is 335. The van der Waals surface area contributed by atoms with Gasteiger partial charge in [0.15, 0.2) is 0 Å². The molecule has 2 rings (SSSR count). The van der Waals surface area contributed by atoms with E-state index < -0.39 is 11.9 Å². The molecule has 1 aromatic rings. The molecule has 0 spiro atoms. The first kappa shape index (κ1) is 10.1. The van der Waals surface area contributed by atoms with Gasteiger partial charge in [0, 0.05) is 18.3 Å². The number of hydrogen-bond acceptors (Lipinski definition) is 3. The monoisotopic (exact) mass is 207 g/mol. The van der Waals surface area contributed by atoms with E-state index in [0.717, 1.165) is 5.56 Å². The van der Waals surface area contributed by atoms with Gasteiger partial charge in [-0.1, -0.05) is 0 Å². The van der Waals surface area contributed by atoms with Gasteiger partial charge in [0.05, 0.1) is 19.1 Å². The van der Waals surface area contributed by atoms with Crippen molar-refractivity contribution in [1.82, 2.24) is 4.98 Å². The number of carboxylic acid groups (broad SMARTS) is 1. The van der Waals surface area contributed by atoms with Gasteiger partial charge in [-0.05, 0) is 24.1 Å². The van der Waals surface area contributed by atoms with Crippen molar-refractivity contribution in [1.29, 1.82) is 0 Å². The van der Waals surface area contributed by atoms with Crippen LogP contribution in [0.15, 0.2) is 24.5 Å². The fourth-order valence-corrected chi connectivity index (χ4v) is 1.73. The lowest BCUT2D eigenvalue weighted by Crippen LogP contribution is -2.30. The third-order valence-corrected chi connectivity index (χ3v) is 2.68. The first-order chi connectivity index (χ1) is 7.27. The number of aromatic nitrogens is 1. The molecule has 1 unspecified atom stereocenters. The summed E-state index contributed by atoms with van der Waals surface area (Å²) in [5.74, 6) is -0.811. The van der Waals surface area contributed by atoms with Gasteiger partial charge >= 0.3 is 5.97 Å². The van der Waals surface area contributed by atoms with Gasteiger partial charge in [-0.25, -0.2) is 0 Å². The van der Waals surface area contributed by atoms with Crippen LogP contribution in [-0.2, 0) is 9.53 Å². The van der Waals surface area contributed by atoms with Crippen molar-refractivity contribution in [3.8, 4) is 0 Å². The standard InChI is InChI=1S/C11H13NO3/c13-11(14)10(5-8-6-15-7-8)9-1-3-12-4-2-9/h1-4,8,10H,5-7H2,(H,13,14). The van der Waals surface area contributed by atoms with Crippen LogP contribution in [0.5, 0.6) is 0 Å². The Hall–Kier alpha value is -1.42. The molecule has 4 heteroatoms. The number of carboxylic acids is 1. The highest BCUT2D eigenvalue weighted by Gasteiger charge is 2.28. The molecule has 2 heterocycles. The smallest absolute Gasteiger partial charge is 0.310 e. The molecule has 15 heavy (non-hydrogen) atoms. The summed E-state index contributed by atoms with van der Waals surface area (Å²) < 4.78 is 5.05. The Morgan fingerprint density at radius 2 is 2.20 bits per heavy atom. The van der Waals surface area contributed by atoms with E-state index in [4.69, 9.17) is 9.84 Å². The van der Waals surface area contributed by atoms with E-state index in [1.165, 1.54) is 0 Å².